The van der Waals surface area contributed by atoms with Crippen molar-refractivity contribution in [3.63, 3.8) is 0 Å². The summed E-state index contributed by atoms with van der Waals surface area (Å²) in [6, 6.07) is 30.7. The summed E-state index contributed by atoms with van der Waals surface area (Å²) >= 11 is 0. The molecule has 0 N–H and O–H groups in total. The van der Waals surface area contributed by atoms with Crippen LogP contribution in [0.5, 0.6) is 0 Å². The van der Waals surface area contributed by atoms with Crippen LogP contribution in [0.4, 0.5) is 0 Å². The molecule has 0 aliphatic rings. The maximum atomic E-state index is 5.92. The van der Waals surface area contributed by atoms with E-state index in [1.165, 1.54) is 16.7 Å². The van der Waals surface area contributed by atoms with Gasteiger partial charge in [-0.2, -0.15) is 0 Å². The zero-order valence-corrected chi connectivity index (χ0v) is 23.8. The number of hydrogen-bond donors (Lipinski definition) is 0. The first-order chi connectivity index (χ1) is 19.9. The molecule has 3 aromatic rings. The normalized spacial score (nSPS) is 11.1. The van der Waals surface area contributed by atoms with E-state index in [1.54, 1.807) is 0 Å². The maximum absolute atomic E-state index is 5.92. The van der Waals surface area contributed by atoms with E-state index in [2.05, 4.69) is 36.4 Å². The monoisotopic (exact) mass is 548 g/mol. The van der Waals surface area contributed by atoms with Crippen molar-refractivity contribution in [2.45, 2.75) is 58.3 Å². The number of unbranched alkanes of at least 4 members (excludes halogenated alkanes) is 3. The Morgan fingerprint density at radius 3 is 0.925 bits per heavy atom. The molecular weight excluding hydrogens is 503 g/mol. The summed E-state index contributed by atoms with van der Waals surface area (Å²) in [4.78, 5) is 0. The minimum atomic E-state index is -0.652. The lowest BCUT2D eigenvalue weighted by atomic mass is 10.2. The minimum Gasteiger partial charge on any atom is -0.386 e. The highest BCUT2D eigenvalue weighted by Crippen LogP contribution is 2.06. The zero-order valence-electron chi connectivity index (χ0n) is 23.8. The lowest BCUT2D eigenvalue weighted by Crippen LogP contribution is -2.29. The number of benzene rings is 3. The Hall–Kier alpha value is -2.52. The maximum Gasteiger partial charge on any atom is 0.639 e. The Morgan fingerprint density at radius 1 is 0.350 bits per heavy atom. The quantitative estimate of drug-likeness (QED) is 0.0887. The summed E-state index contributed by atoms with van der Waals surface area (Å²) in [5, 5.41) is 0. The van der Waals surface area contributed by atoms with Crippen LogP contribution in [0.1, 0.15) is 55.2 Å². The van der Waals surface area contributed by atoms with E-state index in [1.807, 2.05) is 54.6 Å². The fraction of sp³-hybridized carbons (Fsp3) is 0.455. The van der Waals surface area contributed by atoms with Gasteiger partial charge in [0.1, 0.15) is 0 Å². The molecule has 6 nitrogen and oxygen atoms in total. The van der Waals surface area contributed by atoms with Crippen LogP contribution in [-0.4, -0.2) is 47.0 Å². The van der Waals surface area contributed by atoms with E-state index in [-0.39, 0.29) is 0 Å². The van der Waals surface area contributed by atoms with Crippen LogP contribution in [0.25, 0.3) is 0 Å². The summed E-state index contributed by atoms with van der Waals surface area (Å²) in [5.74, 6) is 0. The molecule has 0 amide bonds. The van der Waals surface area contributed by atoms with Crippen molar-refractivity contribution in [1.82, 2.24) is 0 Å². The van der Waals surface area contributed by atoms with Crippen molar-refractivity contribution in [1.29, 1.82) is 0 Å². The van der Waals surface area contributed by atoms with E-state index in [4.69, 9.17) is 28.2 Å². The number of rotatable bonds is 24. The predicted octanol–water partition coefficient (Wildman–Crippen LogP) is 7.01. The summed E-state index contributed by atoms with van der Waals surface area (Å²) < 4.78 is 35.0. The molecule has 0 spiro atoms. The first-order valence-corrected chi connectivity index (χ1v) is 14.6. The lowest BCUT2D eigenvalue weighted by molar-refractivity contribution is 0.0717. The second-order valence-electron chi connectivity index (χ2n) is 9.64. The minimum absolute atomic E-state index is 0.569. The van der Waals surface area contributed by atoms with Gasteiger partial charge in [-0.05, 0) is 55.2 Å². The van der Waals surface area contributed by atoms with Crippen LogP contribution in [-0.2, 0) is 48.0 Å². The second kappa shape index (κ2) is 22.2. The lowest BCUT2D eigenvalue weighted by Gasteiger charge is -2.15. The number of ether oxygens (including phenoxy) is 3. The predicted molar refractivity (Wildman–Crippen MR) is 160 cm³/mol. The highest BCUT2D eigenvalue weighted by Gasteiger charge is 2.20. The van der Waals surface area contributed by atoms with E-state index >= 15 is 0 Å². The highest BCUT2D eigenvalue weighted by molar-refractivity contribution is 6.36. The molecular formula is C33H45BO6. The van der Waals surface area contributed by atoms with Gasteiger partial charge in [-0.15, -0.1) is 0 Å². The smallest absolute Gasteiger partial charge is 0.386 e. The molecule has 216 valence electrons. The Morgan fingerprint density at radius 2 is 0.625 bits per heavy atom. The summed E-state index contributed by atoms with van der Waals surface area (Å²) in [7, 11) is -0.652. The molecule has 0 atom stereocenters. The van der Waals surface area contributed by atoms with Gasteiger partial charge in [0.25, 0.3) is 0 Å². The highest BCUT2D eigenvalue weighted by atomic mass is 16.7. The first-order valence-electron chi connectivity index (χ1n) is 14.6. The molecule has 0 saturated heterocycles. The van der Waals surface area contributed by atoms with Crippen molar-refractivity contribution < 1.29 is 28.2 Å². The standard InChI is InChI=1S/C33H45BO6/c1-4-16-31(17-5-1)28-35-22-10-13-25-38-34(39-26-14-11-23-36-29-32-18-6-2-7-19-32)40-27-15-12-24-37-30-33-20-8-3-9-21-33/h1-9,16-21H,10-15,22-30H2. The summed E-state index contributed by atoms with van der Waals surface area (Å²) in [5.41, 5.74) is 3.57. The van der Waals surface area contributed by atoms with Gasteiger partial charge in [0.2, 0.25) is 0 Å². The van der Waals surface area contributed by atoms with Gasteiger partial charge >= 0.3 is 7.32 Å². The molecule has 0 saturated carbocycles. The third-order valence-electron chi connectivity index (χ3n) is 6.15. The van der Waals surface area contributed by atoms with Gasteiger partial charge in [-0.3, -0.25) is 0 Å². The van der Waals surface area contributed by atoms with Gasteiger partial charge in [0, 0.05) is 39.6 Å². The van der Waals surface area contributed by atoms with Crippen molar-refractivity contribution >= 4 is 7.32 Å². The van der Waals surface area contributed by atoms with Gasteiger partial charge in [0.05, 0.1) is 19.8 Å². The third-order valence-corrected chi connectivity index (χ3v) is 6.15. The topological polar surface area (TPSA) is 55.4 Å². The molecule has 0 aromatic heterocycles. The number of hydrogen-bond acceptors (Lipinski definition) is 6. The van der Waals surface area contributed by atoms with Crippen molar-refractivity contribution in [2.75, 3.05) is 39.6 Å². The molecule has 7 heteroatoms. The van der Waals surface area contributed by atoms with E-state index in [0.29, 0.717) is 59.5 Å². The molecule has 3 aromatic carbocycles. The van der Waals surface area contributed by atoms with Gasteiger partial charge in [-0.1, -0.05) is 91.0 Å². The van der Waals surface area contributed by atoms with E-state index in [9.17, 15) is 0 Å². The third kappa shape index (κ3) is 15.9. The van der Waals surface area contributed by atoms with Crippen molar-refractivity contribution in [2.24, 2.45) is 0 Å². The van der Waals surface area contributed by atoms with Crippen LogP contribution in [0, 0.1) is 0 Å². The molecule has 0 heterocycles. The Bertz CT molecular complexity index is 833. The average molecular weight is 549 g/mol. The summed E-state index contributed by atoms with van der Waals surface area (Å²) in [6.45, 7) is 5.74. The van der Waals surface area contributed by atoms with Crippen molar-refractivity contribution in [3.8, 4) is 0 Å². The molecule has 40 heavy (non-hydrogen) atoms. The van der Waals surface area contributed by atoms with Gasteiger partial charge < -0.3 is 28.2 Å². The molecule has 3 rings (SSSR count). The molecule has 0 unspecified atom stereocenters. The van der Waals surface area contributed by atoms with Crippen LogP contribution < -0.4 is 0 Å². The zero-order chi connectivity index (χ0) is 27.8. The van der Waals surface area contributed by atoms with Gasteiger partial charge in [0.15, 0.2) is 0 Å². The van der Waals surface area contributed by atoms with E-state index in [0.717, 1.165) is 38.5 Å². The Labute approximate surface area is 241 Å². The van der Waals surface area contributed by atoms with Crippen LogP contribution in [0.15, 0.2) is 91.0 Å². The average Bonchev–Trinajstić information content (AvgIpc) is 3.00. The van der Waals surface area contributed by atoms with E-state index < -0.39 is 7.32 Å². The fourth-order valence-corrected chi connectivity index (χ4v) is 3.89. The van der Waals surface area contributed by atoms with Gasteiger partial charge in [-0.25, -0.2) is 0 Å². The van der Waals surface area contributed by atoms with Crippen LogP contribution in [0.2, 0.25) is 0 Å². The van der Waals surface area contributed by atoms with Crippen LogP contribution >= 0.6 is 0 Å². The molecule has 0 bridgehead atoms. The molecule has 0 aliphatic heterocycles. The molecule has 0 radical (unpaired) electrons. The molecule has 0 aliphatic carbocycles. The van der Waals surface area contributed by atoms with Crippen LogP contribution in [0.3, 0.4) is 0 Å². The Balaban J connectivity index is 1.23. The largest absolute Gasteiger partial charge is 0.639 e. The first kappa shape index (κ1) is 32.0. The van der Waals surface area contributed by atoms with Crippen molar-refractivity contribution in [3.05, 3.63) is 108 Å². The fourth-order valence-electron chi connectivity index (χ4n) is 3.89. The summed E-state index contributed by atoms with van der Waals surface area (Å²) in [6.07, 6.45) is 5.45. The SMILES string of the molecule is c1ccc(COCCCCOB(OCCCCOCc2ccccc2)OCCCCOCc2ccccc2)cc1. The Kier molecular flexibility index (Phi) is 17.8. The second-order valence-corrected chi connectivity index (χ2v) is 9.64. The molecule has 0 fully saturated rings.